The number of anilines is 1. The molecule has 0 bridgehead atoms. The number of ether oxygens (including phenoxy) is 2. The van der Waals surface area contributed by atoms with E-state index in [2.05, 4.69) is 5.32 Å². The number of aryl methyl sites for hydroxylation is 1. The standard InChI is InChI=1S/C31H37Cl2N3O6S/c1-20(2)17-34-31(38)22(4)35(18-23-9-10-24(32)15-27(23)33)30(37)19-36(25-11-7-21(3)8-12-25)43(39,40)26-13-14-28(41-5)29(16-26)42-6/h7-16,20,22H,17-19H2,1-6H3,(H,34,38). The number of rotatable bonds is 13. The van der Waals surface area contributed by atoms with Crippen molar-refractivity contribution in [3.05, 3.63) is 81.8 Å². The number of carbonyl (C=O) groups excluding carboxylic acids is 2. The molecule has 0 aliphatic heterocycles. The van der Waals surface area contributed by atoms with Crippen LogP contribution in [0.2, 0.25) is 10.0 Å². The van der Waals surface area contributed by atoms with Gasteiger partial charge in [-0.25, -0.2) is 8.42 Å². The lowest BCUT2D eigenvalue weighted by atomic mass is 10.1. The van der Waals surface area contributed by atoms with Crippen molar-refractivity contribution < 1.29 is 27.5 Å². The molecular formula is C31H37Cl2N3O6S. The summed E-state index contributed by atoms with van der Waals surface area (Å²) < 4.78 is 39.8. The molecule has 1 atom stereocenters. The fourth-order valence-electron chi connectivity index (χ4n) is 4.21. The minimum Gasteiger partial charge on any atom is -0.493 e. The Morgan fingerprint density at radius 1 is 0.907 bits per heavy atom. The molecule has 2 amide bonds. The first kappa shape index (κ1) is 34.0. The molecule has 0 spiro atoms. The maximum absolute atomic E-state index is 14.1. The normalized spacial score (nSPS) is 12.0. The van der Waals surface area contributed by atoms with Crippen molar-refractivity contribution in [3.8, 4) is 11.5 Å². The van der Waals surface area contributed by atoms with E-state index < -0.39 is 28.5 Å². The molecule has 3 aromatic rings. The molecule has 0 aliphatic rings. The highest BCUT2D eigenvalue weighted by atomic mass is 35.5. The Balaban J connectivity index is 2.07. The summed E-state index contributed by atoms with van der Waals surface area (Å²) in [5, 5.41) is 3.58. The van der Waals surface area contributed by atoms with E-state index in [0.717, 1.165) is 9.87 Å². The van der Waals surface area contributed by atoms with Crippen molar-refractivity contribution in [2.24, 2.45) is 5.92 Å². The fourth-order valence-corrected chi connectivity index (χ4v) is 6.11. The highest BCUT2D eigenvalue weighted by molar-refractivity contribution is 7.92. The van der Waals surface area contributed by atoms with Crippen LogP contribution in [0.25, 0.3) is 0 Å². The zero-order valence-electron chi connectivity index (χ0n) is 25.1. The van der Waals surface area contributed by atoms with Crippen LogP contribution < -0.4 is 19.1 Å². The number of hydrogen-bond donors (Lipinski definition) is 1. The largest absolute Gasteiger partial charge is 0.493 e. The fraction of sp³-hybridized carbons (Fsp3) is 0.355. The Bertz CT molecular complexity index is 1550. The molecular weight excluding hydrogens is 613 g/mol. The van der Waals surface area contributed by atoms with E-state index in [0.29, 0.717) is 27.9 Å². The van der Waals surface area contributed by atoms with Gasteiger partial charge in [0, 0.05) is 29.2 Å². The van der Waals surface area contributed by atoms with E-state index in [-0.39, 0.29) is 34.7 Å². The summed E-state index contributed by atoms with van der Waals surface area (Å²) in [6.07, 6.45) is 0. The van der Waals surface area contributed by atoms with Gasteiger partial charge in [-0.3, -0.25) is 13.9 Å². The summed E-state index contributed by atoms with van der Waals surface area (Å²) in [6, 6.07) is 14.9. The van der Waals surface area contributed by atoms with Gasteiger partial charge in [0.05, 0.1) is 24.8 Å². The topological polar surface area (TPSA) is 105 Å². The first-order chi connectivity index (χ1) is 20.3. The summed E-state index contributed by atoms with van der Waals surface area (Å²) in [6.45, 7) is 7.15. The van der Waals surface area contributed by atoms with Crippen LogP contribution >= 0.6 is 23.2 Å². The minimum atomic E-state index is -4.30. The van der Waals surface area contributed by atoms with Gasteiger partial charge in [0.15, 0.2) is 11.5 Å². The number of sulfonamides is 1. The second-order valence-electron chi connectivity index (χ2n) is 10.4. The van der Waals surface area contributed by atoms with Crippen molar-refractivity contribution in [1.29, 1.82) is 0 Å². The summed E-state index contributed by atoms with van der Waals surface area (Å²) in [5.41, 5.74) is 1.73. The predicted molar refractivity (Wildman–Crippen MR) is 170 cm³/mol. The Labute approximate surface area is 263 Å². The molecule has 9 nitrogen and oxygen atoms in total. The third-order valence-electron chi connectivity index (χ3n) is 6.75. The van der Waals surface area contributed by atoms with Crippen LogP contribution in [-0.4, -0.2) is 58.5 Å². The van der Waals surface area contributed by atoms with E-state index in [1.54, 1.807) is 49.4 Å². The van der Waals surface area contributed by atoms with Gasteiger partial charge in [-0.1, -0.05) is 60.8 Å². The van der Waals surface area contributed by atoms with Gasteiger partial charge >= 0.3 is 0 Å². The molecule has 3 rings (SSSR count). The van der Waals surface area contributed by atoms with E-state index in [9.17, 15) is 18.0 Å². The average Bonchev–Trinajstić information content (AvgIpc) is 2.97. The molecule has 0 aromatic heterocycles. The second kappa shape index (κ2) is 14.8. The van der Waals surface area contributed by atoms with Gasteiger partial charge in [0.2, 0.25) is 11.8 Å². The molecule has 0 fully saturated rings. The number of halogens is 2. The van der Waals surface area contributed by atoms with Crippen LogP contribution in [0.4, 0.5) is 5.69 Å². The molecule has 232 valence electrons. The molecule has 1 N–H and O–H groups in total. The Hall–Kier alpha value is -3.47. The lowest BCUT2D eigenvalue weighted by Gasteiger charge is -2.32. The number of hydrogen-bond acceptors (Lipinski definition) is 6. The number of nitrogens with zero attached hydrogens (tertiary/aromatic N) is 2. The van der Waals surface area contributed by atoms with E-state index in [4.69, 9.17) is 32.7 Å². The van der Waals surface area contributed by atoms with Crippen LogP contribution in [0.5, 0.6) is 11.5 Å². The van der Waals surface area contributed by atoms with Crippen LogP contribution in [-0.2, 0) is 26.2 Å². The monoisotopic (exact) mass is 649 g/mol. The van der Waals surface area contributed by atoms with Crippen molar-refractivity contribution in [3.63, 3.8) is 0 Å². The van der Waals surface area contributed by atoms with Gasteiger partial charge in [-0.15, -0.1) is 0 Å². The van der Waals surface area contributed by atoms with E-state index >= 15 is 0 Å². The summed E-state index contributed by atoms with van der Waals surface area (Å²) in [7, 11) is -1.45. The molecule has 1 unspecified atom stereocenters. The summed E-state index contributed by atoms with van der Waals surface area (Å²) in [4.78, 5) is 28.4. The first-order valence-electron chi connectivity index (χ1n) is 13.6. The quantitative estimate of drug-likeness (QED) is 0.255. The van der Waals surface area contributed by atoms with Gasteiger partial charge in [-0.05, 0) is 61.7 Å². The third-order valence-corrected chi connectivity index (χ3v) is 9.11. The van der Waals surface area contributed by atoms with Crippen molar-refractivity contribution >= 4 is 50.7 Å². The van der Waals surface area contributed by atoms with Crippen LogP contribution in [0, 0.1) is 12.8 Å². The molecule has 0 aliphatic carbocycles. The molecule has 0 saturated carbocycles. The van der Waals surface area contributed by atoms with Crippen LogP contribution in [0.1, 0.15) is 31.9 Å². The molecule has 12 heteroatoms. The second-order valence-corrected chi connectivity index (χ2v) is 13.1. The van der Waals surface area contributed by atoms with Gasteiger partial charge in [0.1, 0.15) is 12.6 Å². The highest BCUT2D eigenvalue weighted by Crippen LogP contribution is 2.32. The SMILES string of the molecule is COc1ccc(S(=O)(=O)N(CC(=O)N(Cc2ccc(Cl)cc2Cl)C(C)C(=O)NCC(C)C)c2ccc(C)cc2)cc1OC. The van der Waals surface area contributed by atoms with Gasteiger partial charge in [0.25, 0.3) is 10.0 Å². The smallest absolute Gasteiger partial charge is 0.264 e. The third kappa shape index (κ3) is 8.55. The lowest BCUT2D eigenvalue weighted by molar-refractivity contribution is -0.139. The first-order valence-corrected chi connectivity index (χ1v) is 15.8. The Morgan fingerprint density at radius 3 is 2.14 bits per heavy atom. The summed E-state index contributed by atoms with van der Waals surface area (Å²) >= 11 is 12.5. The molecule has 43 heavy (non-hydrogen) atoms. The number of methoxy groups -OCH3 is 2. The zero-order chi connectivity index (χ0) is 31.9. The number of nitrogens with one attached hydrogen (secondary N) is 1. The molecule has 3 aromatic carbocycles. The average molecular weight is 651 g/mol. The zero-order valence-corrected chi connectivity index (χ0v) is 27.4. The molecule has 0 heterocycles. The number of benzene rings is 3. The highest BCUT2D eigenvalue weighted by Gasteiger charge is 2.33. The minimum absolute atomic E-state index is 0.0523. The van der Waals surface area contributed by atoms with Crippen molar-refractivity contribution in [1.82, 2.24) is 10.2 Å². The van der Waals surface area contributed by atoms with Crippen LogP contribution in [0.3, 0.4) is 0 Å². The molecule has 0 saturated heterocycles. The number of carbonyl (C=O) groups is 2. The maximum atomic E-state index is 14.1. The maximum Gasteiger partial charge on any atom is 0.264 e. The van der Waals surface area contributed by atoms with Crippen molar-refractivity contribution in [2.75, 3.05) is 31.6 Å². The number of amides is 2. The Kier molecular flexibility index (Phi) is 11.7. The van der Waals surface area contributed by atoms with E-state index in [1.165, 1.54) is 37.3 Å². The predicted octanol–water partition coefficient (Wildman–Crippen LogP) is 5.70. The summed E-state index contributed by atoms with van der Waals surface area (Å²) in [5.74, 6) is -0.228. The lowest BCUT2D eigenvalue weighted by Crippen LogP contribution is -2.51. The van der Waals surface area contributed by atoms with Gasteiger partial charge in [-0.2, -0.15) is 0 Å². The Morgan fingerprint density at radius 2 is 1.56 bits per heavy atom. The van der Waals surface area contributed by atoms with Crippen molar-refractivity contribution in [2.45, 2.75) is 45.2 Å². The van der Waals surface area contributed by atoms with Gasteiger partial charge < -0.3 is 19.7 Å². The van der Waals surface area contributed by atoms with E-state index in [1.807, 2.05) is 20.8 Å². The van der Waals surface area contributed by atoms with Crippen LogP contribution in [0.15, 0.2) is 65.6 Å². The molecule has 0 radical (unpaired) electrons.